The minimum Gasteiger partial charge on any atom is -0.353 e. The second-order valence-corrected chi connectivity index (χ2v) is 3.07. The monoisotopic (exact) mass is 156 g/mol. The van der Waals surface area contributed by atoms with Gasteiger partial charge in [0.1, 0.15) is 7.28 Å². The van der Waals surface area contributed by atoms with E-state index in [1.54, 1.807) is 0 Å². The normalized spacial score (nSPS) is 31.8. The molecule has 0 spiro atoms. The van der Waals surface area contributed by atoms with Crippen LogP contribution in [0.5, 0.6) is 0 Å². The molecule has 2 nitrogen and oxygen atoms in total. The predicted octanol–water partition coefficient (Wildman–Crippen LogP) is 1.43. The highest BCUT2D eigenvalue weighted by atomic mass is 16.7. The highest BCUT2D eigenvalue weighted by Crippen LogP contribution is 2.22. The number of ether oxygens (including phenoxy) is 2. The first kappa shape index (κ1) is 9.08. The summed E-state index contributed by atoms with van der Waals surface area (Å²) in [7, 11) is 1.23. The van der Waals surface area contributed by atoms with Gasteiger partial charge in [0.15, 0.2) is 6.29 Å². The van der Waals surface area contributed by atoms with Crippen molar-refractivity contribution in [3.8, 4) is 0 Å². The Kier molecular flexibility index (Phi) is 3.94. The van der Waals surface area contributed by atoms with Crippen LogP contribution in [0.2, 0.25) is 12.6 Å². The second-order valence-electron chi connectivity index (χ2n) is 3.07. The molecule has 0 radical (unpaired) electrons. The van der Waals surface area contributed by atoms with E-state index in [-0.39, 0.29) is 6.29 Å². The lowest BCUT2D eigenvalue weighted by molar-refractivity contribution is -0.159. The maximum atomic E-state index is 5.50. The van der Waals surface area contributed by atoms with E-state index in [2.05, 4.69) is 6.82 Å². The summed E-state index contributed by atoms with van der Waals surface area (Å²) in [5.74, 6) is 0.770. The number of hydrogen-bond donors (Lipinski definition) is 0. The molecule has 1 aliphatic rings. The van der Waals surface area contributed by atoms with Crippen molar-refractivity contribution in [2.45, 2.75) is 38.7 Å². The molecule has 0 amide bonds. The van der Waals surface area contributed by atoms with Crippen molar-refractivity contribution in [1.29, 1.82) is 0 Å². The van der Waals surface area contributed by atoms with Crippen molar-refractivity contribution in [2.75, 3.05) is 13.2 Å². The van der Waals surface area contributed by atoms with Crippen molar-refractivity contribution in [2.24, 2.45) is 0 Å². The molecule has 0 saturated carbocycles. The molecule has 1 aliphatic heterocycles. The van der Waals surface area contributed by atoms with Gasteiger partial charge in [-0.1, -0.05) is 13.2 Å². The SMILES string of the molecule is CBC1CCC(OCC)OC1. The van der Waals surface area contributed by atoms with E-state index in [0.717, 1.165) is 25.5 Å². The van der Waals surface area contributed by atoms with Crippen LogP contribution in [-0.2, 0) is 9.47 Å². The predicted molar refractivity (Wildman–Crippen MR) is 47.4 cm³/mol. The second kappa shape index (κ2) is 4.78. The average Bonchev–Trinajstić information content (AvgIpc) is 2.07. The molecule has 2 unspecified atom stereocenters. The Morgan fingerprint density at radius 2 is 2.36 bits per heavy atom. The molecule has 1 heterocycles. The van der Waals surface area contributed by atoms with E-state index in [9.17, 15) is 0 Å². The van der Waals surface area contributed by atoms with Crippen LogP contribution in [0, 0.1) is 0 Å². The van der Waals surface area contributed by atoms with Crippen LogP contribution in [0.1, 0.15) is 19.8 Å². The van der Waals surface area contributed by atoms with Crippen LogP contribution in [0.3, 0.4) is 0 Å². The first-order chi connectivity index (χ1) is 5.36. The van der Waals surface area contributed by atoms with Crippen LogP contribution in [-0.4, -0.2) is 26.8 Å². The molecule has 0 bridgehead atoms. The lowest BCUT2D eigenvalue weighted by Gasteiger charge is -2.27. The number of rotatable bonds is 3. The van der Waals surface area contributed by atoms with Crippen LogP contribution >= 0.6 is 0 Å². The Bertz CT molecular complexity index is 100. The topological polar surface area (TPSA) is 18.5 Å². The molecule has 1 fully saturated rings. The van der Waals surface area contributed by atoms with Gasteiger partial charge in [0.25, 0.3) is 0 Å². The van der Waals surface area contributed by atoms with Gasteiger partial charge in [0.05, 0.1) is 0 Å². The van der Waals surface area contributed by atoms with Gasteiger partial charge in [-0.2, -0.15) is 0 Å². The fourth-order valence-electron chi connectivity index (χ4n) is 1.42. The van der Waals surface area contributed by atoms with Crippen LogP contribution in [0.15, 0.2) is 0 Å². The zero-order chi connectivity index (χ0) is 8.10. The largest absolute Gasteiger partial charge is 0.353 e. The summed E-state index contributed by atoms with van der Waals surface area (Å²) < 4.78 is 10.9. The highest BCUT2D eigenvalue weighted by molar-refractivity contribution is 6.35. The van der Waals surface area contributed by atoms with Crippen molar-refractivity contribution >= 4 is 7.28 Å². The molecule has 2 atom stereocenters. The fourth-order valence-corrected chi connectivity index (χ4v) is 1.42. The molecular formula is C8H17BO2. The Morgan fingerprint density at radius 1 is 1.55 bits per heavy atom. The van der Waals surface area contributed by atoms with Gasteiger partial charge in [-0.05, 0) is 19.2 Å². The first-order valence-electron chi connectivity index (χ1n) is 4.60. The molecule has 11 heavy (non-hydrogen) atoms. The Balaban J connectivity index is 2.14. The minimum absolute atomic E-state index is 0.0859. The summed E-state index contributed by atoms with van der Waals surface area (Å²) in [5, 5.41) is 0. The highest BCUT2D eigenvalue weighted by Gasteiger charge is 2.20. The van der Waals surface area contributed by atoms with E-state index in [1.165, 1.54) is 13.7 Å². The zero-order valence-electron chi connectivity index (χ0n) is 7.51. The van der Waals surface area contributed by atoms with E-state index < -0.39 is 0 Å². The third kappa shape index (κ3) is 2.84. The zero-order valence-corrected chi connectivity index (χ0v) is 7.51. The molecule has 0 N–H and O–H groups in total. The smallest absolute Gasteiger partial charge is 0.157 e. The first-order valence-corrected chi connectivity index (χ1v) is 4.60. The quantitative estimate of drug-likeness (QED) is 0.575. The maximum absolute atomic E-state index is 5.50. The summed E-state index contributed by atoms with van der Waals surface area (Å²) in [5.41, 5.74) is 0. The van der Waals surface area contributed by atoms with Gasteiger partial charge in [-0.15, -0.1) is 0 Å². The van der Waals surface area contributed by atoms with Crippen molar-refractivity contribution in [1.82, 2.24) is 0 Å². The van der Waals surface area contributed by atoms with E-state index in [0.29, 0.717) is 0 Å². The Labute approximate surface area is 69.5 Å². The summed E-state index contributed by atoms with van der Waals surface area (Å²) in [6, 6.07) is 0. The Hall–Kier alpha value is -0.0151. The average molecular weight is 156 g/mol. The van der Waals surface area contributed by atoms with Gasteiger partial charge in [0.2, 0.25) is 0 Å². The molecule has 0 aliphatic carbocycles. The van der Waals surface area contributed by atoms with Crippen LogP contribution in [0.25, 0.3) is 0 Å². The van der Waals surface area contributed by atoms with Crippen LogP contribution < -0.4 is 0 Å². The molecule has 0 aromatic rings. The van der Waals surface area contributed by atoms with E-state index in [1.807, 2.05) is 6.92 Å². The van der Waals surface area contributed by atoms with E-state index in [4.69, 9.17) is 9.47 Å². The molecular weight excluding hydrogens is 139 g/mol. The van der Waals surface area contributed by atoms with E-state index >= 15 is 0 Å². The third-order valence-electron chi connectivity index (χ3n) is 2.26. The molecule has 64 valence electrons. The van der Waals surface area contributed by atoms with Crippen molar-refractivity contribution < 1.29 is 9.47 Å². The lowest BCUT2D eigenvalue weighted by atomic mass is 9.65. The Morgan fingerprint density at radius 3 is 2.82 bits per heavy atom. The van der Waals surface area contributed by atoms with Gasteiger partial charge >= 0.3 is 0 Å². The van der Waals surface area contributed by atoms with Crippen molar-refractivity contribution in [3.05, 3.63) is 0 Å². The van der Waals surface area contributed by atoms with Gasteiger partial charge in [-0.3, -0.25) is 0 Å². The summed E-state index contributed by atoms with van der Waals surface area (Å²) in [6.45, 7) is 5.88. The molecule has 3 heteroatoms. The molecule has 0 aromatic heterocycles. The van der Waals surface area contributed by atoms with Crippen molar-refractivity contribution in [3.63, 3.8) is 0 Å². The minimum atomic E-state index is 0.0859. The van der Waals surface area contributed by atoms with Gasteiger partial charge < -0.3 is 9.47 Å². The lowest BCUT2D eigenvalue weighted by Crippen LogP contribution is -2.27. The van der Waals surface area contributed by atoms with Gasteiger partial charge in [0, 0.05) is 13.2 Å². The molecule has 1 rings (SSSR count). The fraction of sp³-hybridized carbons (Fsp3) is 1.00. The third-order valence-corrected chi connectivity index (χ3v) is 2.26. The number of hydrogen-bond acceptors (Lipinski definition) is 2. The molecule has 1 saturated heterocycles. The molecule has 0 aromatic carbocycles. The summed E-state index contributed by atoms with van der Waals surface area (Å²) >= 11 is 0. The standard InChI is InChI=1S/C8H17BO2/c1-3-10-8-5-4-7(9-2)6-11-8/h7-9H,3-6H2,1-2H3. The summed E-state index contributed by atoms with van der Waals surface area (Å²) in [6.07, 6.45) is 2.43. The van der Waals surface area contributed by atoms with Gasteiger partial charge in [-0.25, -0.2) is 0 Å². The maximum Gasteiger partial charge on any atom is 0.157 e. The van der Waals surface area contributed by atoms with Crippen LogP contribution in [0.4, 0.5) is 0 Å². The summed E-state index contributed by atoms with van der Waals surface area (Å²) in [4.78, 5) is 0.